The predicted molar refractivity (Wildman–Crippen MR) is 139 cm³/mol. The van der Waals surface area contributed by atoms with Crippen molar-refractivity contribution in [1.82, 2.24) is 0 Å². The molecule has 3 aromatic carbocycles. The largest absolute Gasteiger partial charge is 0.489 e. The molecule has 0 aromatic heterocycles. The number of hydrogen-bond acceptors (Lipinski definition) is 4. The van der Waals surface area contributed by atoms with Crippen molar-refractivity contribution in [3.63, 3.8) is 0 Å². The van der Waals surface area contributed by atoms with E-state index in [9.17, 15) is 4.79 Å². The zero-order chi connectivity index (χ0) is 22.8. The molecule has 0 unspecified atom stereocenters. The second-order valence-corrected chi connectivity index (χ2v) is 9.84. The zero-order valence-electron chi connectivity index (χ0n) is 17.4. The van der Waals surface area contributed by atoms with Crippen molar-refractivity contribution in [2.75, 3.05) is 4.90 Å². The monoisotopic (exact) mass is 499 g/mol. The fourth-order valence-corrected chi connectivity index (χ4v) is 4.90. The smallest absolute Gasteiger partial charge is 0.270 e. The van der Waals surface area contributed by atoms with Gasteiger partial charge in [-0.05, 0) is 72.5 Å². The topological polar surface area (TPSA) is 29.5 Å². The molecule has 0 spiro atoms. The molecule has 1 amide bonds. The van der Waals surface area contributed by atoms with Crippen LogP contribution in [0.5, 0.6) is 5.75 Å². The maximum atomic E-state index is 13.1. The van der Waals surface area contributed by atoms with Crippen LogP contribution in [0.4, 0.5) is 5.69 Å². The molecule has 0 aliphatic carbocycles. The molecule has 0 saturated carbocycles. The number of carbonyl (C=O) groups excluding carboxylic acids is 1. The Hall–Kier alpha value is -2.31. The Labute approximate surface area is 207 Å². The van der Waals surface area contributed by atoms with Gasteiger partial charge in [-0.25, -0.2) is 0 Å². The summed E-state index contributed by atoms with van der Waals surface area (Å²) < 4.78 is 6.43. The predicted octanol–water partition coefficient (Wildman–Crippen LogP) is 7.60. The molecule has 0 atom stereocenters. The summed E-state index contributed by atoms with van der Waals surface area (Å²) in [6.45, 7) is 4.38. The second kappa shape index (κ2) is 9.67. The molecule has 1 aliphatic heterocycles. The van der Waals surface area contributed by atoms with Crippen molar-refractivity contribution in [3.8, 4) is 5.75 Å². The van der Waals surface area contributed by atoms with Gasteiger partial charge in [0.2, 0.25) is 0 Å². The Morgan fingerprint density at radius 3 is 2.59 bits per heavy atom. The van der Waals surface area contributed by atoms with Gasteiger partial charge in [0.1, 0.15) is 12.4 Å². The van der Waals surface area contributed by atoms with Gasteiger partial charge >= 0.3 is 0 Å². The quantitative estimate of drug-likeness (QED) is 0.267. The number of nitrogens with zero attached hydrogens (tertiary/aromatic N) is 1. The van der Waals surface area contributed by atoms with E-state index >= 15 is 0 Å². The summed E-state index contributed by atoms with van der Waals surface area (Å²) in [6.07, 6.45) is 1.84. The third-order valence-corrected chi connectivity index (χ3v) is 7.20. The average molecular weight is 500 g/mol. The first-order valence-electron chi connectivity index (χ1n) is 9.84. The van der Waals surface area contributed by atoms with E-state index in [0.717, 1.165) is 27.9 Å². The number of hydrogen-bond donors (Lipinski definition) is 0. The number of ether oxygens (including phenoxy) is 1. The lowest BCUT2D eigenvalue weighted by molar-refractivity contribution is -0.113. The van der Waals surface area contributed by atoms with Gasteiger partial charge in [-0.2, -0.15) is 0 Å². The van der Waals surface area contributed by atoms with Gasteiger partial charge in [0.25, 0.3) is 5.91 Å². The van der Waals surface area contributed by atoms with Gasteiger partial charge in [-0.3, -0.25) is 9.69 Å². The number of benzene rings is 3. The van der Waals surface area contributed by atoms with Crippen LogP contribution < -0.4 is 9.64 Å². The van der Waals surface area contributed by atoms with Gasteiger partial charge in [-0.1, -0.05) is 77.5 Å². The van der Waals surface area contributed by atoms with E-state index < -0.39 is 0 Å². The Morgan fingerprint density at radius 1 is 1.03 bits per heavy atom. The Kier molecular flexibility index (Phi) is 6.91. The number of carbonyl (C=O) groups is 1. The molecular formula is C25H19Cl2NO2S2. The van der Waals surface area contributed by atoms with E-state index in [-0.39, 0.29) is 5.91 Å². The SMILES string of the molecule is Cc1cccc(N2C(=O)C(=Cc3cccc(OCc4ccc(Cl)c(Cl)c4)c3)SC2=S)c1C. The third kappa shape index (κ3) is 4.86. The standard InChI is InChI=1S/C25H19Cl2NO2S2/c1-15-5-3-8-22(16(15)2)28-24(29)23(32-25(28)31)13-17-6-4-7-19(11-17)30-14-18-9-10-20(26)21(27)12-18/h3-13H,14H2,1-2H3. The molecular weight excluding hydrogens is 481 g/mol. The van der Waals surface area contributed by atoms with E-state index in [4.69, 9.17) is 40.2 Å². The lowest BCUT2D eigenvalue weighted by Gasteiger charge is -2.18. The Balaban J connectivity index is 1.52. The number of halogens is 2. The molecule has 0 N–H and O–H groups in total. The molecule has 1 fully saturated rings. The van der Waals surface area contributed by atoms with Gasteiger partial charge in [0, 0.05) is 0 Å². The molecule has 3 nitrogen and oxygen atoms in total. The van der Waals surface area contributed by atoms with Gasteiger partial charge in [-0.15, -0.1) is 0 Å². The number of thiocarbonyl (C=S) groups is 1. The van der Waals surface area contributed by atoms with Crippen LogP contribution in [0.25, 0.3) is 6.08 Å². The first-order chi connectivity index (χ1) is 15.3. The third-order valence-electron chi connectivity index (χ3n) is 5.16. The zero-order valence-corrected chi connectivity index (χ0v) is 20.5. The lowest BCUT2D eigenvalue weighted by atomic mass is 10.1. The van der Waals surface area contributed by atoms with Crippen LogP contribution in [0.15, 0.2) is 65.6 Å². The Morgan fingerprint density at radius 2 is 1.81 bits per heavy atom. The number of amides is 1. The molecule has 0 radical (unpaired) electrons. The number of anilines is 1. The highest BCUT2D eigenvalue weighted by Gasteiger charge is 2.34. The van der Waals surface area contributed by atoms with Crippen LogP contribution >= 0.6 is 47.2 Å². The fourth-order valence-electron chi connectivity index (χ4n) is 3.29. The summed E-state index contributed by atoms with van der Waals surface area (Å²) in [4.78, 5) is 15.3. The highest BCUT2D eigenvalue weighted by atomic mass is 35.5. The van der Waals surface area contributed by atoms with Crippen molar-refractivity contribution >= 4 is 69.2 Å². The van der Waals surface area contributed by atoms with Crippen LogP contribution in [-0.4, -0.2) is 10.2 Å². The second-order valence-electron chi connectivity index (χ2n) is 7.35. The van der Waals surface area contributed by atoms with E-state index in [1.54, 1.807) is 17.0 Å². The molecule has 162 valence electrons. The minimum Gasteiger partial charge on any atom is -0.489 e. The number of aryl methyl sites for hydroxylation is 1. The minimum atomic E-state index is -0.115. The average Bonchev–Trinajstić information content (AvgIpc) is 3.04. The van der Waals surface area contributed by atoms with E-state index in [2.05, 4.69) is 0 Å². The van der Waals surface area contributed by atoms with Crippen molar-refractivity contribution < 1.29 is 9.53 Å². The van der Waals surface area contributed by atoms with E-state index in [0.29, 0.717) is 31.6 Å². The summed E-state index contributed by atoms with van der Waals surface area (Å²) in [7, 11) is 0. The lowest BCUT2D eigenvalue weighted by Crippen LogP contribution is -2.28. The highest BCUT2D eigenvalue weighted by molar-refractivity contribution is 8.27. The van der Waals surface area contributed by atoms with Crippen LogP contribution in [0.1, 0.15) is 22.3 Å². The first-order valence-corrected chi connectivity index (χ1v) is 11.8. The van der Waals surface area contributed by atoms with E-state index in [1.165, 1.54) is 11.8 Å². The van der Waals surface area contributed by atoms with Gasteiger partial charge < -0.3 is 4.74 Å². The van der Waals surface area contributed by atoms with Crippen molar-refractivity contribution in [3.05, 3.63) is 97.9 Å². The van der Waals surface area contributed by atoms with Crippen LogP contribution in [0.2, 0.25) is 10.0 Å². The van der Waals surface area contributed by atoms with Crippen LogP contribution in [0.3, 0.4) is 0 Å². The van der Waals surface area contributed by atoms with Crippen molar-refractivity contribution in [1.29, 1.82) is 0 Å². The molecule has 1 saturated heterocycles. The molecule has 1 aliphatic rings. The fraction of sp³-hybridized carbons (Fsp3) is 0.120. The maximum Gasteiger partial charge on any atom is 0.270 e. The van der Waals surface area contributed by atoms with Crippen molar-refractivity contribution in [2.24, 2.45) is 0 Å². The maximum absolute atomic E-state index is 13.1. The summed E-state index contributed by atoms with van der Waals surface area (Å²) in [5.74, 6) is 0.575. The molecule has 1 heterocycles. The first kappa shape index (κ1) is 22.9. The van der Waals surface area contributed by atoms with E-state index in [1.807, 2.05) is 68.5 Å². The molecule has 7 heteroatoms. The van der Waals surface area contributed by atoms with Gasteiger partial charge in [0.15, 0.2) is 4.32 Å². The molecule has 32 heavy (non-hydrogen) atoms. The molecule has 4 rings (SSSR count). The number of thioether (sulfide) groups is 1. The van der Waals surface area contributed by atoms with Crippen molar-refractivity contribution in [2.45, 2.75) is 20.5 Å². The van der Waals surface area contributed by atoms with Gasteiger partial charge in [0.05, 0.1) is 20.6 Å². The molecule has 0 bridgehead atoms. The summed E-state index contributed by atoms with van der Waals surface area (Å²) in [5, 5.41) is 1.00. The molecule has 3 aromatic rings. The van der Waals surface area contributed by atoms with Crippen LogP contribution in [0, 0.1) is 13.8 Å². The summed E-state index contributed by atoms with van der Waals surface area (Å²) in [6, 6.07) is 18.9. The Bertz CT molecular complexity index is 1260. The van der Waals surface area contributed by atoms with Crippen LogP contribution in [-0.2, 0) is 11.4 Å². The minimum absolute atomic E-state index is 0.115. The summed E-state index contributed by atoms with van der Waals surface area (Å²) >= 11 is 18.9. The number of rotatable bonds is 5. The normalized spacial score (nSPS) is 15.0. The summed E-state index contributed by atoms with van der Waals surface area (Å²) in [5.41, 5.74) is 4.77. The highest BCUT2D eigenvalue weighted by Crippen LogP contribution is 2.38.